The number of thioether (sulfide) groups is 1. The van der Waals surface area contributed by atoms with Crippen molar-refractivity contribution >= 4 is 39.2 Å². The number of aromatic amines is 1. The maximum atomic E-state index is 12.9. The summed E-state index contributed by atoms with van der Waals surface area (Å²) in [4.78, 5) is 12.9. The second-order valence-corrected chi connectivity index (χ2v) is 8.37. The van der Waals surface area contributed by atoms with Crippen LogP contribution < -0.4 is 5.32 Å². The van der Waals surface area contributed by atoms with Crippen molar-refractivity contribution in [3.05, 3.63) is 70.7 Å². The minimum atomic E-state index is -0.258. The third kappa shape index (κ3) is 4.35. The van der Waals surface area contributed by atoms with Gasteiger partial charge in [-0.15, -0.1) is 10.2 Å². The topological polar surface area (TPSA) is 88.0 Å². The van der Waals surface area contributed by atoms with E-state index in [2.05, 4.69) is 41.6 Å². The van der Waals surface area contributed by atoms with Gasteiger partial charge >= 0.3 is 0 Å². The first-order chi connectivity index (χ1) is 14.2. The van der Waals surface area contributed by atoms with Gasteiger partial charge in [0, 0.05) is 16.2 Å². The van der Waals surface area contributed by atoms with Crippen molar-refractivity contribution in [3.63, 3.8) is 0 Å². The van der Waals surface area contributed by atoms with Crippen LogP contribution in [0.2, 0.25) is 0 Å². The zero-order valence-electron chi connectivity index (χ0n) is 15.7. The van der Waals surface area contributed by atoms with Crippen LogP contribution in [0.25, 0.3) is 16.9 Å². The number of fused-ring (bicyclic) bond motifs is 1. The average molecular weight is 471 g/mol. The van der Waals surface area contributed by atoms with Crippen LogP contribution >= 0.6 is 27.7 Å². The van der Waals surface area contributed by atoms with E-state index in [9.17, 15) is 4.79 Å². The van der Waals surface area contributed by atoms with E-state index in [0.717, 1.165) is 39.4 Å². The average Bonchev–Trinajstić information content (AvgIpc) is 3.39. The highest BCUT2D eigenvalue weighted by atomic mass is 79.9. The van der Waals surface area contributed by atoms with Crippen LogP contribution in [0, 0.1) is 0 Å². The SMILES string of the molecule is CSCCC(NC(=O)c1cc(-c2ccc(Br)cc2)n[nH]1)c1nnc2ccccn12. The quantitative estimate of drug-likeness (QED) is 0.424. The first-order valence-electron chi connectivity index (χ1n) is 9.06. The predicted octanol–water partition coefficient (Wildman–Crippen LogP) is 4.11. The molecule has 4 rings (SSSR count). The van der Waals surface area contributed by atoms with Crippen molar-refractivity contribution in [2.45, 2.75) is 12.5 Å². The summed E-state index contributed by atoms with van der Waals surface area (Å²) in [5.41, 5.74) is 2.82. The fourth-order valence-corrected chi connectivity index (χ4v) is 3.78. The fraction of sp³-hybridized carbons (Fsp3) is 0.200. The summed E-state index contributed by atoms with van der Waals surface area (Å²) >= 11 is 5.15. The number of nitrogens with zero attached hydrogens (tertiary/aromatic N) is 4. The highest BCUT2D eigenvalue weighted by Gasteiger charge is 2.22. The molecule has 0 saturated heterocycles. The standard InChI is InChI=1S/C20H19BrN6OS/c1-29-11-9-15(19-26-25-18-4-2-3-10-27(18)19)22-20(28)17-12-16(23-24-17)13-5-7-14(21)8-6-13/h2-8,10,12,15H,9,11H2,1H3,(H,22,28)(H,23,24). The molecule has 0 aliphatic rings. The lowest BCUT2D eigenvalue weighted by Gasteiger charge is -2.16. The number of rotatable bonds is 7. The predicted molar refractivity (Wildman–Crippen MR) is 118 cm³/mol. The molecule has 0 spiro atoms. The Morgan fingerprint density at radius 1 is 1.24 bits per heavy atom. The van der Waals surface area contributed by atoms with E-state index in [1.165, 1.54) is 0 Å². The first-order valence-corrected chi connectivity index (χ1v) is 11.2. The van der Waals surface area contributed by atoms with E-state index in [1.54, 1.807) is 17.8 Å². The molecule has 29 heavy (non-hydrogen) atoms. The highest BCUT2D eigenvalue weighted by Crippen LogP contribution is 2.22. The van der Waals surface area contributed by atoms with Crippen LogP contribution in [0.3, 0.4) is 0 Å². The van der Waals surface area contributed by atoms with Crippen LogP contribution in [-0.4, -0.2) is 42.7 Å². The van der Waals surface area contributed by atoms with E-state index < -0.39 is 0 Å². The number of carbonyl (C=O) groups is 1. The van der Waals surface area contributed by atoms with Crippen molar-refractivity contribution in [3.8, 4) is 11.3 Å². The summed E-state index contributed by atoms with van der Waals surface area (Å²) in [6.07, 6.45) is 4.70. The molecule has 0 bridgehead atoms. The molecule has 4 aromatic rings. The van der Waals surface area contributed by atoms with Gasteiger partial charge in [-0.3, -0.25) is 14.3 Å². The molecule has 2 N–H and O–H groups in total. The molecule has 7 nitrogen and oxygen atoms in total. The van der Waals surface area contributed by atoms with E-state index in [-0.39, 0.29) is 11.9 Å². The maximum absolute atomic E-state index is 12.9. The summed E-state index contributed by atoms with van der Waals surface area (Å²) in [6, 6.07) is 15.0. The molecule has 9 heteroatoms. The summed E-state index contributed by atoms with van der Waals surface area (Å²) in [5.74, 6) is 1.38. The molecular formula is C20H19BrN6OS. The Balaban J connectivity index is 1.56. The molecule has 1 aromatic carbocycles. The molecule has 1 amide bonds. The van der Waals surface area contributed by atoms with Crippen molar-refractivity contribution in [2.75, 3.05) is 12.0 Å². The zero-order chi connectivity index (χ0) is 20.2. The van der Waals surface area contributed by atoms with Crippen molar-refractivity contribution in [2.24, 2.45) is 0 Å². The molecule has 3 heterocycles. The number of amides is 1. The Hall–Kier alpha value is -2.65. The second kappa shape index (κ2) is 8.79. The fourth-order valence-electron chi connectivity index (χ4n) is 3.04. The molecule has 0 radical (unpaired) electrons. The number of benzene rings is 1. The number of nitrogens with one attached hydrogen (secondary N) is 2. The van der Waals surface area contributed by atoms with Gasteiger partial charge in [-0.1, -0.05) is 34.1 Å². The van der Waals surface area contributed by atoms with Crippen molar-refractivity contribution < 1.29 is 4.79 Å². The Morgan fingerprint density at radius 3 is 2.86 bits per heavy atom. The summed E-state index contributed by atoms with van der Waals surface area (Å²) < 4.78 is 2.90. The van der Waals surface area contributed by atoms with Gasteiger partial charge < -0.3 is 5.32 Å². The van der Waals surface area contributed by atoms with Gasteiger partial charge in [0.05, 0.1) is 11.7 Å². The lowest BCUT2D eigenvalue weighted by atomic mass is 10.1. The van der Waals surface area contributed by atoms with Gasteiger partial charge in [-0.2, -0.15) is 16.9 Å². The molecule has 148 valence electrons. The summed E-state index contributed by atoms with van der Waals surface area (Å²) in [5, 5.41) is 18.7. The highest BCUT2D eigenvalue weighted by molar-refractivity contribution is 9.10. The van der Waals surface area contributed by atoms with Gasteiger partial charge in [0.25, 0.3) is 5.91 Å². The monoisotopic (exact) mass is 470 g/mol. The Kier molecular flexibility index (Phi) is 5.96. The maximum Gasteiger partial charge on any atom is 0.269 e. The third-order valence-corrected chi connectivity index (χ3v) is 5.70. The van der Waals surface area contributed by atoms with Crippen molar-refractivity contribution in [1.29, 1.82) is 0 Å². The smallest absolute Gasteiger partial charge is 0.269 e. The van der Waals surface area contributed by atoms with E-state index in [1.807, 2.05) is 59.3 Å². The lowest BCUT2D eigenvalue weighted by Crippen LogP contribution is -2.30. The van der Waals surface area contributed by atoms with Gasteiger partial charge in [0.2, 0.25) is 0 Å². The molecule has 1 unspecified atom stereocenters. The van der Waals surface area contributed by atoms with Gasteiger partial charge in [0.1, 0.15) is 5.69 Å². The second-order valence-electron chi connectivity index (χ2n) is 6.47. The number of hydrogen-bond acceptors (Lipinski definition) is 5. The summed E-state index contributed by atoms with van der Waals surface area (Å²) in [7, 11) is 0. The number of carbonyl (C=O) groups excluding carboxylic acids is 1. The van der Waals surface area contributed by atoms with Crippen LogP contribution in [0.1, 0.15) is 28.8 Å². The zero-order valence-corrected chi connectivity index (χ0v) is 18.1. The molecule has 1 atom stereocenters. The number of hydrogen-bond donors (Lipinski definition) is 2. The van der Waals surface area contributed by atoms with Gasteiger partial charge in [-0.05, 0) is 48.8 Å². The molecule has 0 aliphatic carbocycles. The lowest BCUT2D eigenvalue weighted by molar-refractivity contribution is 0.0928. The largest absolute Gasteiger partial charge is 0.341 e. The summed E-state index contributed by atoms with van der Waals surface area (Å²) in [6.45, 7) is 0. The minimum absolute atomic E-state index is 0.223. The van der Waals surface area contributed by atoms with E-state index in [4.69, 9.17) is 0 Å². The molecular weight excluding hydrogens is 452 g/mol. The Bertz CT molecular complexity index is 1120. The number of aromatic nitrogens is 5. The van der Waals surface area contributed by atoms with E-state index in [0.29, 0.717) is 5.69 Å². The van der Waals surface area contributed by atoms with Gasteiger partial charge in [-0.25, -0.2) is 0 Å². The molecule has 3 aromatic heterocycles. The van der Waals surface area contributed by atoms with Gasteiger partial charge in [0.15, 0.2) is 11.5 Å². The van der Waals surface area contributed by atoms with Crippen LogP contribution in [-0.2, 0) is 0 Å². The molecule has 0 saturated carbocycles. The van der Waals surface area contributed by atoms with Crippen LogP contribution in [0.15, 0.2) is 59.2 Å². The Labute approximate surface area is 180 Å². The first kappa shape index (κ1) is 19.7. The minimum Gasteiger partial charge on any atom is -0.341 e. The molecule has 0 fully saturated rings. The number of pyridine rings is 1. The molecule has 0 aliphatic heterocycles. The number of halogens is 1. The van der Waals surface area contributed by atoms with Crippen molar-refractivity contribution in [1.82, 2.24) is 30.1 Å². The van der Waals surface area contributed by atoms with Crippen LogP contribution in [0.5, 0.6) is 0 Å². The van der Waals surface area contributed by atoms with Crippen LogP contribution in [0.4, 0.5) is 0 Å². The third-order valence-electron chi connectivity index (χ3n) is 4.53. The normalized spacial score (nSPS) is 12.2. The number of H-pyrrole nitrogens is 1. The van der Waals surface area contributed by atoms with E-state index >= 15 is 0 Å². The Morgan fingerprint density at radius 2 is 2.07 bits per heavy atom.